The van der Waals surface area contributed by atoms with Crippen LogP contribution in [0.3, 0.4) is 0 Å². The molecule has 0 aromatic carbocycles. The fourth-order valence-electron chi connectivity index (χ4n) is 3.08. The lowest BCUT2D eigenvalue weighted by atomic mass is 9.84. The van der Waals surface area contributed by atoms with Crippen LogP contribution >= 0.6 is 0 Å². The largest absolute Gasteiger partial charge is 0.314 e. The van der Waals surface area contributed by atoms with Gasteiger partial charge < -0.3 is 5.32 Å². The van der Waals surface area contributed by atoms with Crippen LogP contribution in [0.4, 0.5) is 0 Å². The molecule has 1 heteroatoms. The second-order valence-electron chi connectivity index (χ2n) is 5.37. The van der Waals surface area contributed by atoms with Crippen molar-refractivity contribution in [1.29, 1.82) is 0 Å². The fourth-order valence-corrected chi connectivity index (χ4v) is 3.08. The standard InChI is InChI=1S/C16H29N/c1-3-5-9-14-16(17-4-2)15-12-10-7-6-8-11-13-15/h1,15-17H,4-14H2,2H3. The van der Waals surface area contributed by atoms with E-state index in [1.807, 2.05) is 0 Å². The van der Waals surface area contributed by atoms with Crippen molar-refractivity contribution in [2.24, 2.45) is 5.92 Å². The summed E-state index contributed by atoms with van der Waals surface area (Å²) in [5.74, 6) is 3.66. The Morgan fingerprint density at radius 3 is 2.41 bits per heavy atom. The van der Waals surface area contributed by atoms with E-state index in [0.717, 1.165) is 18.9 Å². The molecule has 1 saturated carbocycles. The Hall–Kier alpha value is -0.480. The lowest BCUT2D eigenvalue weighted by Gasteiger charge is -2.29. The molecule has 0 aromatic heterocycles. The first kappa shape index (κ1) is 14.6. The molecular formula is C16H29N. The molecule has 1 rings (SSSR count). The summed E-state index contributed by atoms with van der Waals surface area (Å²) in [6.45, 7) is 3.31. The van der Waals surface area contributed by atoms with E-state index in [0.29, 0.717) is 6.04 Å². The predicted molar refractivity (Wildman–Crippen MR) is 76.0 cm³/mol. The van der Waals surface area contributed by atoms with Crippen LogP contribution in [0, 0.1) is 18.3 Å². The second kappa shape index (κ2) is 9.54. The van der Waals surface area contributed by atoms with Gasteiger partial charge in [0.15, 0.2) is 0 Å². The van der Waals surface area contributed by atoms with Gasteiger partial charge in [-0.05, 0) is 38.1 Å². The van der Waals surface area contributed by atoms with Gasteiger partial charge in [0.1, 0.15) is 0 Å². The number of terminal acetylenes is 1. The van der Waals surface area contributed by atoms with Crippen molar-refractivity contribution in [1.82, 2.24) is 5.32 Å². The smallest absolute Gasteiger partial charge is 0.00955 e. The summed E-state index contributed by atoms with van der Waals surface area (Å²) in [5, 5.41) is 3.69. The van der Waals surface area contributed by atoms with Gasteiger partial charge in [-0.25, -0.2) is 0 Å². The Labute approximate surface area is 108 Å². The molecule has 0 spiro atoms. The van der Waals surface area contributed by atoms with Crippen molar-refractivity contribution in [2.75, 3.05) is 6.54 Å². The van der Waals surface area contributed by atoms with Gasteiger partial charge in [0.25, 0.3) is 0 Å². The van der Waals surface area contributed by atoms with Crippen LogP contribution in [-0.2, 0) is 0 Å². The van der Waals surface area contributed by atoms with Crippen molar-refractivity contribution in [3.05, 3.63) is 0 Å². The zero-order valence-corrected chi connectivity index (χ0v) is 11.5. The maximum absolute atomic E-state index is 5.34. The summed E-state index contributed by atoms with van der Waals surface area (Å²) >= 11 is 0. The molecule has 0 radical (unpaired) electrons. The lowest BCUT2D eigenvalue weighted by Crippen LogP contribution is -2.36. The van der Waals surface area contributed by atoms with Crippen LogP contribution in [0.5, 0.6) is 0 Å². The van der Waals surface area contributed by atoms with Crippen molar-refractivity contribution < 1.29 is 0 Å². The number of unbranched alkanes of at least 4 members (excludes halogenated alkanes) is 1. The molecule has 1 nitrogen and oxygen atoms in total. The first-order valence-corrected chi connectivity index (χ1v) is 7.55. The molecule has 0 heterocycles. The average Bonchev–Trinajstić information content (AvgIpc) is 2.28. The number of rotatable bonds is 6. The number of hydrogen-bond acceptors (Lipinski definition) is 1. The van der Waals surface area contributed by atoms with Gasteiger partial charge in [0.05, 0.1) is 0 Å². The first-order valence-electron chi connectivity index (χ1n) is 7.55. The molecule has 1 unspecified atom stereocenters. The van der Waals surface area contributed by atoms with Crippen LogP contribution in [-0.4, -0.2) is 12.6 Å². The highest BCUT2D eigenvalue weighted by Gasteiger charge is 2.20. The molecule has 0 aliphatic heterocycles. The molecule has 1 N–H and O–H groups in total. The Morgan fingerprint density at radius 1 is 1.18 bits per heavy atom. The number of hydrogen-bond donors (Lipinski definition) is 1. The monoisotopic (exact) mass is 235 g/mol. The maximum atomic E-state index is 5.34. The van der Waals surface area contributed by atoms with E-state index in [9.17, 15) is 0 Å². The van der Waals surface area contributed by atoms with Crippen molar-refractivity contribution in [3.8, 4) is 12.3 Å². The van der Waals surface area contributed by atoms with Gasteiger partial charge in [-0.2, -0.15) is 0 Å². The van der Waals surface area contributed by atoms with Crippen molar-refractivity contribution in [3.63, 3.8) is 0 Å². The summed E-state index contributed by atoms with van der Waals surface area (Å²) in [6, 6.07) is 0.714. The summed E-state index contributed by atoms with van der Waals surface area (Å²) in [5.41, 5.74) is 0. The quantitative estimate of drug-likeness (QED) is 0.539. The minimum absolute atomic E-state index is 0.714. The molecular weight excluding hydrogens is 206 g/mol. The topological polar surface area (TPSA) is 12.0 Å². The Balaban J connectivity index is 2.39. The molecule has 98 valence electrons. The van der Waals surface area contributed by atoms with E-state index in [2.05, 4.69) is 18.2 Å². The zero-order chi connectivity index (χ0) is 12.3. The summed E-state index contributed by atoms with van der Waals surface area (Å²) in [6.07, 6.45) is 18.8. The van der Waals surface area contributed by atoms with Gasteiger partial charge in [-0.1, -0.05) is 39.0 Å². The normalized spacial score (nSPS) is 20.2. The third-order valence-corrected chi connectivity index (χ3v) is 4.02. The highest BCUT2D eigenvalue weighted by Crippen LogP contribution is 2.27. The van der Waals surface area contributed by atoms with Gasteiger partial charge >= 0.3 is 0 Å². The first-order chi connectivity index (χ1) is 8.38. The van der Waals surface area contributed by atoms with E-state index >= 15 is 0 Å². The molecule has 1 fully saturated rings. The van der Waals surface area contributed by atoms with Gasteiger partial charge in [-0.15, -0.1) is 12.3 Å². The molecule has 0 saturated heterocycles. The molecule has 0 amide bonds. The minimum Gasteiger partial charge on any atom is -0.314 e. The van der Waals surface area contributed by atoms with Crippen molar-refractivity contribution >= 4 is 0 Å². The molecule has 0 aromatic rings. The highest BCUT2D eigenvalue weighted by molar-refractivity contribution is 4.85. The van der Waals surface area contributed by atoms with Gasteiger partial charge in [-0.3, -0.25) is 0 Å². The maximum Gasteiger partial charge on any atom is 0.00955 e. The third kappa shape index (κ3) is 6.13. The second-order valence-corrected chi connectivity index (χ2v) is 5.37. The molecule has 1 atom stereocenters. The zero-order valence-electron chi connectivity index (χ0n) is 11.5. The molecule has 1 aliphatic rings. The predicted octanol–water partition coefficient (Wildman–Crippen LogP) is 4.13. The van der Waals surface area contributed by atoms with Gasteiger partial charge in [0.2, 0.25) is 0 Å². The Bertz CT molecular complexity index is 208. The molecule has 1 aliphatic carbocycles. The van der Waals surface area contributed by atoms with Crippen LogP contribution in [0.2, 0.25) is 0 Å². The van der Waals surface area contributed by atoms with Crippen molar-refractivity contribution in [2.45, 2.75) is 77.2 Å². The van der Waals surface area contributed by atoms with Gasteiger partial charge in [0, 0.05) is 12.5 Å². The van der Waals surface area contributed by atoms with E-state index in [1.54, 1.807) is 0 Å². The summed E-state index contributed by atoms with van der Waals surface area (Å²) in [7, 11) is 0. The highest BCUT2D eigenvalue weighted by atomic mass is 14.9. The SMILES string of the molecule is C#CCCCC(NCC)C1CCCCCCC1. The Morgan fingerprint density at radius 2 is 1.82 bits per heavy atom. The number of nitrogens with one attached hydrogen (secondary N) is 1. The van der Waals surface area contributed by atoms with E-state index in [-0.39, 0.29) is 0 Å². The summed E-state index contributed by atoms with van der Waals surface area (Å²) < 4.78 is 0. The fraction of sp³-hybridized carbons (Fsp3) is 0.875. The molecule has 0 bridgehead atoms. The third-order valence-electron chi connectivity index (χ3n) is 4.02. The van der Waals surface area contributed by atoms with E-state index in [4.69, 9.17) is 6.42 Å². The van der Waals surface area contributed by atoms with E-state index in [1.165, 1.54) is 57.8 Å². The average molecular weight is 235 g/mol. The minimum atomic E-state index is 0.714. The van der Waals surface area contributed by atoms with Crippen LogP contribution in [0.1, 0.15) is 71.1 Å². The summed E-state index contributed by atoms with van der Waals surface area (Å²) in [4.78, 5) is 0. The van der Waals surface area contributed by atoms with Crippen LogP contribution in [0.15, 0.2) is 0 Å². The van der Waals surface area contributed by atoms with E-state index < -0.39 is 0 Å². The lowest BCUT2D eigenvalue weighted by molar-refractivity contribution is 0.273. The molecule has 17 heavy (non-hydrogen) atoms. The van der Waals surface area contributed by atoms with Crippen LogP contribution in [0.25, 0.3) is 0 Å². The van der Waals surface area contributed by atoms with Crippen LogP contribution < -0.4 is 5.32 Å². The Kier molecular flexibility index (Phi) is 8.18.